The SMILES string of the molecule is O=C1S/C(=C/c2ccc(F)cc2)C(=O)N1CNc1ccccc1Cl. The second-order valence-corrected chi connectivity index (χ2v) is 6.38. The predicted molar refractivity (Wildman–Crippen MR) is 94.2 cm³/mol. The number of nitrogens with one attached hydrogen (secondary N) is 1. The molecule has 1 aliphatic heterocycles. The van der Waals surface area contributed by atoms with E-state index in [1.54, 1.807) is 42.5 Å². The molecule has 1 saturated heterocycles. The molecule has 0 spiro atoms. The number of carbonyl (C=O) groups is 2. The molecule has 4 nitrogen and oxygen atoms in total. The molecule has 1 N–H and O–H groups in total. The van der Waals surface area contributed by atoms with E-state index in [0.29, 0.717) is 21.2 Å². The van der Waals surface area contributed by atoms with Gasteiger partial charge in [0.25, 0.3) is 11.1 Å². The monoisotopic (exact) mass is 362 g/mol. The molecule has 2 amide bonds. The number of hydrogen-bond acceptors (Lipinski definition) is 4. The van der Waals surface area contributed by atoms with Crippen LogP contribution in [0.4, 0.5) is 14.9 Å². The zero-order chi connectivity index (χ0) is 17.1. The molecule has 3 rings (SSSR count). The summed E-state index contributed by atoms with van der Waals surface area (Å²) in [7, 11) is 0. The van der Waals surface area contributed by atoms with Crippen LogP contribution in [-0.4, -0.2) is 22.7 Å². The Morgan fingerprint density at radius 1 is 1.12 bits per heavy atom. The average molecular weight is 363 g/mol. The van der Waals surface area contributed by atoms with Crippen LogP contribution in [0, 0.1) is 5.82 Å². The minimum absolute atomic E-state index is 0.0230. The van der Waals surface area contributed by atoms with Crippen LogP contribution >= 0.6 is 23.4 Å². The first-order valence-corrected chi connectivity index (χ1v) is 8.23. The Morgan fingerprint density at radius 2 is 1.83 bits per heavy atom. The molecule has 2 aromatic rings. The van der Waals surface area contributed by atoms with E-state index in [2.05, 4.69) is 5.32 Å². The predicted octanol–water partition coefficient (Wildman–Crippen LogP) is 4.59. The van der Waals surface area contributed by atoms with Crippen molar-refractivity contribution in [3.63, 3.8) is 0 Å². The van der Waals surface area contributed by atoms with Gasteiger partial charge in [-0.25, -0.2) is 4.39 Å². The van der Waals surface area contributed by atoms with Crippen LogP contribution in [0.3, 0.4) is 0 Å². The number of thioether (sulfide) groups is 1. The first-order chi connectivity index (χ1) is 11.5. The molecule has 0 bridgehead atoms. The van der Waals surface area contributed by atoms with Crippen molar-refractivity contribution in [3.8, 4) is 0 Å². The van der Waals surface area contributed by atoms with Gasteiger partial charge in [-0.15, -0.1) is 0 Å². The highest BCUT2D eigenvalue weighted by atomic mass is 35.5. The van der Waals surface area contributed by atoms with Gasteiger partial charge in [0, 0.05) is 0 Å². The van der Waals surface area contributed by atoms with Gasteiger partial charge in [-0.05, 0) is 47.7 Å². The largest absolute Gasteiger partial charge is 0.366 e. The molecule has 1 fully saturated rings. The number of anilines is 1. The summed E-state index contributed by atoms with van der Waals surface area (Å²) in [6.45, 7) is 0.0230. The van der Waals surface area contributed by atoms with Gasteiger partial charge in [0.2, 0.25) is 0 Å². The highest BCUT2D eigenvalue weighted by molar-refractivity contribution is 8.18. The third-order valence-corrected chi connectivity index (χ3v) is 4.58. The molecular formula is C17H12ClFN2O2S. The normalized spacial score (nSPS) is 16.1. The van der Waals surface area contributed by atoms with Gasteiger partial charge >= 0.3 is 0 Å². The van der Waals surface area contributed by atoms with E-state index in [9.17, 15) is 14.0 Å². The second-order valence-electron chi connectivity index (χ2n) is 4.98. The van der Waals surface area contributed by atoms with Crippen LogP contribution in [-0.2, 0) is 4.79 Å². The Balaban J connectivity index is 1.72. The van der Waals surface area contributed by atoms with Gasteiger partial charge in [-0.3, -0.25) is 14.5 Å². The van der Waals surface area contributed by atoms with Crippen molar-refractivity contribution in [3.05, 3.63) is 69.8 Å². The first kappa shape index (κ1) is 16.5. The Hall–Kier alpha value is -2.31. The fraction of sp³-hybridized carbons (Fsp3) is 0.0588. The fourth-order valence-electron chi connectivity index (χ4n) is 2.12. The van der Waals surface area contributed by atoms with Gasteiger partial charge in [0.05, 0.1) is 22.3 Å². The summed E-state index contributed by atoms with van der Waals surface area (Å²) in [5, 5.41) is 3.11. The van der Waals surface area contributed by atoms with Crippen LogP contribution in [0.2, 0.25) is 5.02 Å². The van der Waals surface area contributed by atoms with E-state index < -0.39 is 5.91 Å². The number of nitrogens with zero attached hydrogens (tertiary/aromatic N) is 1. The molecule has 0 aromatic heterocycles. The molecule has 24 heavy (non-hydrogen) atoms. The minimum Gasteiger partial charge on any atom is -0.366 e. The molecule has 1 aliphatic rings. The molecule has 0 radical (unpaired) electrons. The number of rotatable bonds is 4. The van der Waals surface area contributed by atoms with Gasteiger partial charge in [0.15, 0.2) is 0 Å². The summed E-state index contributed by atoms with van der Waals surface area (Å²) in [6.07, 6.45) is 1.57. The minimum atomic E-state index is -0.395. The molecule has 1 heterocycles. The lowest BCUT2D eigenvalue weighted by molar-refractivity contribution is -0.122. The Morgan fingerprint density at radius 3 is 2.54 bits per heavy atom. The van der Waals surface area contributed by atoms with Crippen LogP contribution < -0.4 is 5.32 Å². The number of benzene rings is 2. The van der Waals surface area contributed by atoms with E-state index in [-0.39, 0.29) is 17.7 Å². The van der Waals surface area contributed by atoms with Crippen LogP contribution in [0.15, 0.2) is 53.4 Å². The zero-order valence-corrected chi connectivity index (χ0v) is 13.9. The van der Waals surface area contributed by atoms with Gasteiger partial charge in [-0.1, -0.05) is 35.9 Å². The third kappa shape index (κ3) is 3.60. The Bertz CT molecular complexity index is 824. The smallest absolute Gasteiger partial charge is 0.295 e. The molecule has 0 saturated carbocycles. The summed E-state index contributed by atoms with van der Waals surface area (Å²) in [5.41, 5.74) is 1.29. The third-order valence-electron chi connectivity index (χ3n) is 3.34. The maximum absolute atomic E-state index is 12.9. The zero-order valence-electron chi connectivity index (χ0n) is 12.3. The van der Waals surface area contributed by atoms with E-state index in [0.717, 1.165) is 16.7 Å². The summed E-state index contributed by atoms with van der Waals surface area (Å²) >= 11 is 6.89. The molecule has 0 aliphatic carbocycles. The average Bonchev–Trinajstić information content (AvgIpc) is 2.83. The summed E-state index contributed by atoms with van der Waals surface area (Å²) < 4.78 is 12.9. The number of para-hydroxylation sites is 1. The molecule has 7 heteroatoms. The molecule has 2 aromatic carbocycles. The summed E-state index contributed by atoms with van der Waals surface area (Å²) in [5.74, 6) is -0.752. The number of amides is 2. The van der Waals surface area contributed by atoms with Crippen LogP contribution in [0.1, 0.15) is 5.56 Å². The van der Waals surface area contributed by atoms with Crippen molar-refractivity contribution >= 4 is 46.3 Å². The highest BCUT2D eigenvalue weighted by Crippen LogP contribution is 2.32. The van der Waals surface area contributed by atoms with Crippen molar-refractivity contribution in [2.75, 3.05) is 12.0 Å². The van der Waals surface area contributed by atoms with Gasteiger partial charge in [-0.2, -0.15) is 0 Å². The lowest BCUT2D eigenvalue weighted by Crippen LogP contribution is -2.33. The lowest BCUT2D eigenvalue weighted by Gasteiger charge is -2.15. The summed E-state index contributed by atoms with van der Waals surface area (Å²) in [4.78, 5) is 25.8. The fourth-order valence-corrected chi connectivity index (χ4v) is 3.16. The van der Waals surface area contributed by atoms with E-state index >= 15 is 0 Å². The quantitative estimate of drug-likeness (QED) is 0.808. The molecule has 0 atom stereocenters. The summed E-state index contributed by atoms with van der Waals surface area (Å²) in [6, 6.07) is 12.8. The van der Waals surface area contributed by atoms with E-state index in [1.807, 2.05) is 0 Å². The maximum Gasteiger partial charge on any atom is 0.295 e. The van der Waals surface area contributed by atoms with Crippen molar-refractivity contribution in [1.29, 1.82) is 0 Å². The number of imide groups is 1. The van der Waals surface area contributed by atoms with Gasteiger partial charge in [0.1, 0.15) is 5.82 Å². The molecule has 0 unspecified atom stereocenters. The number of hydrogen-bond donors (Lipinski definition) is 1. The van der Waals surface area contributed by atoms with Crippen molar-refractivity contribution in [2.24, 2.45) is 0 Å². The van der Waals surface area contributed by atoms with Crippen LogP contribution in [0.5, 0.6) is 0 Å². The second kappa shape index (κ2) is 7.07. The standard InChI is InChI=1S/C17H12ClFN2O2S/c18-13-3-1-2-4-14(13)20-10-21-16(22)15(24-17(21)23)9-11-5-7-12(19)8-6-11/h1-9,20H,10H2/b15-9+. The van der Waals surface area contributed by atoms with E-state index in [4.69, 9.17) is 11.6 Å². The van der Waals surface area contributed by atoms with Crippen molar-refractivity contribution < 1.29 is 14.0 Å². The Labute approximate surface area is 147 Å². The maximum atomic E-state index is 12.9. The van der Waals surface area contributed by atoms with Crippen molar-refractivity contribution in [1.82, 2.24) is 4.90 Å². The first-order valence-electron chi connectivity index (χ1n) is 7.04. The molecular weight excluding hydrogens is 351 g/mol. The van der Waals surface area contributed by atoms with Gasteiger partial charge < -0.3 is 5.32 Å². The highest BCUT2D eigenvalue weighted by Gasteiger charge is 2.34. The van der Waals surface area contributed by atoms with Crippen molar-refractivity contribution in [2.45, 2.75) is 0 Å². The van der Waals surface area contributed by atoms with Crippen LogP contribution in [0.25, 0.3) is 6.08 Å². The topological polar surface area (TPSA) is 49.4 Å². The molecule has 122 valence electrons. The number of carbonyl (C=O) groups excluding carboxylic acids is 2. The Kier molecular flexibility index (Phi) is 4.87. The lowest BCUT2D eigenvalue weighted by atomic mass is 10.2. The van der Waals surface area contributed by atoms with E-state index in [1.165, 1.54) is 12.1 Å². The number of halogens is 2.